The third kappa shape index (κ3) is 4.40. The number of sulfonamides is 1. The molecule has 8 heteroatoms. The van der Waals surface area contributed by atoms with Gasteiger partial charge in [0.2, 0.25) is 15.9 Å². The van der Waals surface area contributed by atoms with Crippen LogP contribution in [-0.2, 0) is 15.4 Å². The van der Waals surface area contributed by atoms with Crippen LogP contribution in [0.2, 0.25) is 0 Å². The first-order valence-corrected chi connectivity index (χ1v) is 13.0. The molecular weight excluding hydrogens is 424 g/mol. The molecule has 3 aliphatic rings. The first kappa shape index (κ1) is 21.8. The van der Waals surface area contributed by atoms with Crippen LogP contribution >= 0.6 is 0 Å². The van der Waals surface area contributed by atoms with Crippen molar-refractivity contribution in [1.29, 1.82) is 0 Å². The highest BCUT2D eigenvalue weighted by molar-refractivity contribution is 7.89. The van der Waals surface area contributed by atoms with E-state index in [2.05, 4.69) is 35.6 Å². The second kappa shape index (κ2) is 8.08. The summed E-state index contributed by atoms with van der Waals surface area (Å²) in [7, 11) is -3.50. The molecule has 2 aliphatic heterocycles. The number of hydrogen-bond acceptors (Lipinski definition) is 6. The fourth-order valence-corrected chi connectivity index (χ4v) is 6.16. The lowest BCUT2D eigenvalue weighted by Gasteiger charge is -2.36. The predicted molar refractivity (Wildman–Crippen MR) is 122 cm³/mol. The second-order valence-electron chi connectivity index (χ2n) is 10.3. The van der Waals surface area contributed by atoms with E-state index >= 15 is 0 Å². The molecule has 0 bridgehead atoms. The van der Waals surface area contributed by atoms with Gasteiger partial charge < -0.3 is 4.74 Å². The summed E-state index contributed by atoms with van der Waals surface area (Å²) >= 11 is 0. The summed E-state index contributed by atoms with van der Waals surface area (Å²) in [5, 5.41) is 0. The number of fused-ring (bicyclic) bond motifs is 1. The summed E-state index contributed by atoms with van der Waals surface area (Å²) in [4.78, 5) is 11.6. The van der Waals surface area contributed by atoms with Crippen molar-refractivity contribution >= 4 is 10.0 Å². The van der Waals surface area contributed by atoms with E-state index in [0.717, 1.165) is 30.8 Å². The lowest BCUT2D eigenvalue weighted by atomic mass is 9.87. The Bertz CT molecular complexity index is 1060. The van der Waals surface area contributed by atoms with Gasteiger partial charge in [-0.25, -0.2) is 13.4 Å². The zero-order valence-electron chi connectivity index (χ0n) is 19.1. The van der Waals surface area contributed by atoms with Crippen LogP contribution in [0.1, 0.15) is 57.2 Å². The van der Waals surface area contributed by atoms with Crippen molar-refractivity contribution in [1.82, 2.24) is 19.2 Å². The van der Waals surface area contributed by atoms with Gasteiger partial charge in [-0.3, -0.25) is 9.88 Å². The Morgan fingerprint density at radius 1 is 1.00 bits per heavy atom. The minimum atomic E-state index is -3.50. The summed E-state index contributed by atoms with van der Waals surface area (Å²) < 4.78 is 34.2. The van der Waals surface area contributed by atoms with Crippen molar-refractivity contribution in [2.75, 3.05) is 26.2 Å². The van der Waals surface area contributed by atoms with E-state index in [1.165, 1.54) is 12.8 Å². The topological polar surface area (TPSA) is 75.6 Å². The van der Waals surface area contributed by atoms with Gasteiger partial charge in [-0.2, -0.15) is 4.31 Å². The minimum absolute atomic E-state index is 0.00459. The Morgan fingerprint density at radius 3 is 2.38 bits per heavy atom. The molecule has 3 heterocycles. The molecule has 172 valence electrons. The largest absolute Gasteiger partial charge is 0.472 e. The Morgan fingerprint density at radius 2 is 1.75 bits per heavy atom. The van der Waals surface area contributed by atoms with Gasteiger partial charge in [0, 0.05) is 44.6 Å². The predicted octanol–water partition coefficient (Wildman–Crippen LogP) is 3.18. The van der Waals surface area contributed by atoms with Crippen LogP contribution in [0.5, 0.6) is 5.88 Å². The van der Waals surface area contributed by atoms with E-state index in [0.29, 0.717) is 29.8 Å². The number of nitrogens with zero attached hydrogens (tertiary/aromatic N) is 4. The van der Waals surface area contributed by atoms with E-state index in [1.54, 1.807) is 22.6 Å². The SMILES string of the molecule is CC(C)(C)c1ccc(S(=O)(=O)N2CCN3C[C@H](Oc4cnc(C5CC5)cn4)C[C@H]3C2)cc1. The summed E-state index contributed by atoms with van der Waals surface area (Å²) in [6, 6.07) is 7.51. The van der Waals surface area contributed by atoms with Crippen molar-refractivity contribution in [2.24, 2.45) is 0 Å². The van der Waals surface area contributed by atoms with Crippen LogP contribution in [0.3, 0.4) is 0 Å². The van der Waals surface area contributed by atoms with Gasteiger partial charge in [0.25, 0.3) is 0 Å². The maximum atomic E-state index is 13.3. The van der Waals surface area contributed by atoms with E-state index in [-0.39, 0.29) is 17.6 Å². The van der Waals surface area contributed by atoms with Crippen LogP contribution in [0, 0.1) is 0 Å². The molecule has 3 fully saturated rings. The van der Waals surface area contributed by atoms with Crippen LogP contribution in [-0.4, -0.2) is 65.9 Å². The fraction of sp³-hybridized carbons (Fsp3) is 0.583. The Hall–Kier alpha value is -2.03. The van der Waals surface area contributed by atoms with Gasteiger partial charge in [-0.1, -0.05) is 32.9 Å². The molecule has 0 radical (unpaired) electrons. The van der Waals surface area contributed by atoms with Crippen LogP contribution in [0.4, 0.5) is 0 Å². The van der Waals surface area contributed by atoms with Gasteiger partial charge in [-0.15, -0.1) is 0 Å². The Balaban J connectivity index is 1.22. The molecule has 2 atom stereocenters. The second-order valence-corrected chi connectivity index (χ2v) is 12.3. The zero-order valence-corrected chi connectivity index (χ0v) is 19.9. The van der Waals surface area contributed by atoms with E-state index in [9.17, 15) is 8.42 Å². The number of rotatable bonds is 5. The Labute approximate surface area is 190 Å². The molecule has 2 saturated heterocycles. The van der Waals surface area contributed by atoms with Crippen molar-refractivity contribution < 1.29 is 13.2 Å². The highest BCUT2D eigenvalue weighted by Crippen LogP contribution is 2.38. The summed E-state index contributed by atoms with van der Waals surface area (Å²) in [5.41, 5.74) is 2.18. The average Bonchev–Trinajstić information content (AvgIpc) is 3.53. The van der Waals surface area contributed by atoms with Crippen LogP contribution in [0.15, 0.2) is 41.6 Å². The molecule has 1 saturated carbocycles. The Kier molecular flexibility index (Phi) is 5.50. The molecule has 5 rings (SSSR count). The molecule has 7 nitrogen and oxygen atoms in total. The molecule has 2 aromatic rings. The third-order valence-electron chi connectivity index (χ3n) is 6.83. The third-order valence-corrected chi connectivity index (χ3v) is 8.71. The van der Waals surface area contributed by atoms with Crippen molar-refractivity contribution in [3.63, 3.8) is 0 Å². The van der Waals surface area contributed by atoms with Crippen LogP contribution < -0.4 is 4.74 Å². The molecule has 1 aromatic carbocycles. The highest BCUT2D eigenvalue weighted by atomic mass is 32.2. The zero-order chi connectivity index (χ0) is 22.5. The lowest BCUT2D eigenvalue weighted by molar-refractivity contribution is 0.151. The normalized spacial score (nSPS) is 25.0. The molecule has 0 amide bonds. The first-order chi connectivity index (χ1) is 15.2. The summed E-state index contributed by atoms with van der Waals surface area (Å²) in [6.45, 7) is 8.89. The van der Waals surface area contributed by atoms with Crippen LogP contribution in [0.25, 0.3) is 0 Å². The molecule has 0 unspecified atom stereocenters. The smallest absolute Gasteiger partial charge is 0.243 e. The quantitative estimate of drug-likeness (QED) is 0.688. The average molecular weight is 457 g/mol. The number of aromatic nitrogens is 2. The molecule has 0 spiro atoms. The maximum Gasteiger partial charge on any atom is 0.243 e. The standard InChI is InChI=1S/C24H32N4O3S/c1-24(2,3)18-6-8-21(9-7-18)32(29,30)28-11-10-27-16-20(12-19(27)15-28)31-23-14-25-22(13-26-23)17-4-5-17/h6-9,13-14,17,19-20H,4-5,10-12,15-16H2,1-3H3/t19-,20+/m0/s1. The van der Waals surface area contributed by atoms with Crippen molar-refractivity contribution in [2.45, 2.75) is 68.4 Å². The molecular formula is C24H32N4O3S. The van der Waals surface area contributed by atoms with Crippen molar-refractivity contribution in [3.8, 4) is 5.88 Å². The summed E-state index contributed by atoms with van der Waals surface area (Å²) in [5.74, 6) is 1.14. The highest BCUT2D eigenvalue weighted by Gasteiger charge is 2.41. The fourth-order valence-electron chi connectivity index (χ4n) is 4.70. The number of ether oxygens (including phenoxy) is 1. The van der Waals surface area contributed by atoms with Crippen molar-refractivity contribution in [3.05, 3.63) is 47.9 Å². The van der Waals surface area contributed by atoms with Gasteiger partial charge in [0.1, 0.15) is 6.10 Å². The first-order valence-electron chi connectivity index (χ1n) is 11.5. The molecule has 32 heavy (non-hydrogen) atoms. The monoisotopic (exact) mass is 456 g/mol. The number of piperazine rings is 1. The lowest BCUT2D eigenvalue weighted by Crippen LogP contribution is -2.51. The molecule has 0 N–H and O–H groups in total. The molecule has 1 aromatic heterocycles. The van der Waals surface area contributed by atoms with Gasteiger partial charge in [-0.05, 0) is 36.0 Å². The van der Waals surface area contributed by atoms with Gasteiger partial charge >= 0.3 is 0 Å². The van der Waals surface area contributed by atoms with E-state index in [4.69, 9.17) is 4.74 Å². The summed E-state index contributed by atoms with van der Waals surface area (Å²) in [6.07, 6.45) is 6.76. The van der Waals surface area contributed by atoms with Gasteiger partial charge in [0.15, 0.2) is 0 Å². The van der Waals surface area contributed by atoms with E-state index < -0.39 is 10.0 Å². The van der Waals surface area contributed by atoms with E-state index in [1.807, 2.05) is 18.3 Å². The minimum Gasteiger partial charge on any atom is -0.472 e. The van der Waals surface area contributed by atoms with Gasteiger partial charge in [0.05, 0.1) is 23.0 Å². The maximum absolute atomic E-state index is 13.3. The number of hydrogen-bond donors (Lipinski definition) is 0. The molecule has 1 aliphatic carbocycles. The number of benzene rings is 1.